The van der Waals surface area contributed by atoms with Crippen LogP contribution in [0.1, 0.15) is 25.5 Å². The summed E-state index contributed by atoms with van der Waals surface area (Å²) in [6.07, 6.45) is -0.423. The highest BCUT2D eigenvalue weighted by atomic mass is 35.5. The van der Waals surface area contributed by atoms with Gasteiger partial charge in [0.1, 0.15) is 11.9 Å². The van der Waals surface area contributed by atoms with Crippen LogP contribution in [-0.4, -0.2) is 10.4 Å². The Balaban J connectivity index is 3.00. The van der Waals surface area contributed by atoms with Crippen LogP contribution >= 0.6 is 11.6 Å². The Hall–Kier alpha value is -0.770. The van der Waals surface area contributed by atoms with Crippen molar-refractivity contribution in [2.24, 2.45) is 5.92 Å². The molecule has 1 aromatic carbocycles. The van der Waals surface area contributed by atoms with E-state index in [9.17, 15) is 5.11 Å². The Morgan fingerprint density at radius 1 is 1.36 bits per heavy atom. The summed E-state index contributed by atoms with van der Waals surface area (Å²) in [5.74, 6) is 0.150. The summed E-state index contributed by atoms with van der Waals surface area (Å²) >= 11 is 5.73. The molecule has 78 valence electrons. The summed E-state index contributed by atoms with van der Waals surface area (Å²) in [7, 11) is 0. The third-order valence-electron chi connectivity index (χ3n) is 2.02. The van der Waals surface area contributed by atoms with Crippen LogP contribution in [0.15, 0.2) is 18.2 Å². The smallest absolute Gasteiger partial charge is 0.134 e. The van der Waals surface area contributed by atoms with Gasteiger partial charge >= 0.3 is 0 Å². The van der Waals surface area contributed by atoms with Crippen LogP contribution in [0.2, 0.25) is 5.02 Å². The zero-order chi connectivity index (χ0) is 10.7. The largest absolute Gasteiger partial charge is 0.506 e. The van der Waals surface area contributed by atoms with Gasteiger partial charge in [-0.05, 0) is 23.6 Å². The van der Waals surface area contributed by atoms with Crippen molar-refractivity contribution in [3.63, 3.8) is 0 Å². The fourth-order valence-corrected chi connectivity index (χ4v) is 1.46. The van der Waals surface area contributed by atoms with Crippen LogP contribution < -0.4 is 0 Å². The second-order valence-electron chi connectivity index (χ2n) is 3.48. The molecule has 0 radical (unpaired) electrons. The van der Waals surface area contributed by atoms with Crippen molar-refractivity contribution in [2.45, 2.75) is 20.0 Å². The van der Waals surface area contributed by atoms with E-state index in [2.05, 4.69) is 4.89 Å². The van der Waals surface area contributed by atoms with Crippen molar-refractivity contribution in [2.75, 3.05) is 0 Å². The molecule has 0 amide bonds. The van der Waals surface area contributed by atoms with Gasteiger partial charge in [0.2, 0.25) is 0 Å². The van der Waals surface area contributed by atoms with E-state index in [0.717, 1.165) is 5.56 Å². The maximum atomic E-state index is 9.20. The van der Waals surface area contributed by atoms with Crippen molar-refractivity contribution < 1.29 is 15.3 Å². The average molecular weight is 217 g/mol. The average Bonchev–Trinajstić information content (AvgIpc) is 2.11. The number of aromatic hydroxyl groups is 1. The second kappa shape index (κ2) is 4.64. The molecule has 14 heavy (non-hydrogen) atoms. The van der Waals surface area contributed by atoms with Gasteiger partial charge in [-0.2, -0.15) is 0 Å². The van der Waals surface area contributed by atoms with Gasteiger partial charge in [0.15, 0.2) is 0 Å². The molecule has 3 nitrogen and oxygen atoms in total. The van der Waals surface area contributed by atoms with Gasteiger partial charge in [0.25, 0.3) is 0 Å². The zero-order valence-electron chi connectivity index (χ0n) is 8.07. The Morgan fingerprint density at radius 2 is 2.00 bits per heavy atom. The molecule has 2 N–H and O–H groups in total. The van der Waals surface area contributed by atoms with Gasteiger partial charge in [-0.3, -0.25) is 5.26 Å². The highest BCUT2D eigenvalue weighted by Gasteiger charge is 2.17. The minimum Gasteiger partial charge on any atom is -0.506 e. The van der Waals surface area contributed by atoms with Crippen LogP contribution in [0.25, 0.3) is 0 Å². The lowest BCUT2D eigenvalue weighted by Gasteiger charge is -2.17. The molecule has 0 saturated carbocycles. The fraction of sp³-hybridized carbons (Fsp3) is 0.400. The number of rotatable bonds is 3. The van der Waals surface area contributed by atoms with E-state index in [4.69, 9.17) is 16.9 Å². The summed E-state index contributed by atoms with van der Waals surface area (Å²) in [4.78, 5) is 4.35. The predicted molar refractivity (Wildman–Crippen MR) is 54.4 cm³/mol. The minimum atomic E-state index is -0.423. The quantitative estimate of drug-likeness (QED) is 0.603. The van der Waals surface area contributed by atoms with Crippen molar-refractivity contribution in [1.29, 1.82) is 0 Å². The van der Waals surface area contributed by atoms with E-state index >= 15 is 0 Å². The number of phenols is 1. The van der Waals surface area contributed by atoms with Crippen LogP contribution in [0, 0.1) is 5.92 Å². The lowest BCUT2D eigenvalue weighted by atomic mass is 9.99. The lowest BCUT2D eigenvalue weighted by Crippen LogP contribution is -2.08. The highest BCUT2D eigenvalue weighted by Crippen LogP contribution is 2.31. The van der Waals surface area contributed by atoms with Crippen LogP contribution in [0.4, 0.5) is 0 Å². The van der Waals surface area contributed by atoms with Gasteiger partial charge < -0.3 is 5.11 Å². The lowest BCUT2D eigenvalue weighted by molar-refractivity contribution is -0.291. The Morgan fingerprint density at radius 3 is 2.43 bits per heavy atom. The summed E-state index contributed by atoms with van der Waals surface area (Å²) in [5, 5.41) is 18.2. The van der Waals surface area contributed by atoms with Crippen molar-refractivity contribution in [3.8, 4) is 5.75 Å². The SMILES string of the molecule is CC(C)C(OO)c1ccc(O)c(Cl)c1. The first kappa shape index (κ1) is 11.3. The van der Waals surface area contributed by atoms with E-state index in [0.29, 0.717) is 0 Å². The van der Waals surface area contributed by atoms with Crippen LogP contribution in [0.5, 0.6) is 5.75 Å². The van der Waals surface area contributed by atoms with E-state index in [-0.39, 0.29) is 16.7 Å². The molecule has 0 aliphatic carbocycles. The van der Waals surface area contributed by atoms with Gasteiger partial charge in [0.05, 0.1) is 5.02 Å². The molecule has 1 atom stereocenters. The molecule has 4 heteroatoms. The first-order valence-electron chi connectivity index (χ1n) is 4.35. The zero-order valence-corrected chi connectivity index (χ0v) is 8.82. The molecule has 0 fully saturated rings. The molecule has 0 bridgehead atoms. The maximum absolute atomic E-state index is 9.20. The molecule has 0 aromatic heterocycles. The summed E-state index contributed by atoms with van der Waals surface area (Å²) in [6.45, 7) is 3.84. The molecule has 0 aliphatic rings. The summed E-state index contributed by atoms with van der Waals surface area (Å²) in [6, 6.07) is 4.73. The van der Waals surface area contributed by atoms with Gasteiger partial charge in [-0.15, -0.1) is 0 Å². The predicted octanol–water partition coefficient (Wildman–Crippen LogP) is 3.23. The Kier molecular flexibility index (Phi) is 3.75. The summed E-state index contributed by atoms with van der Waals surface area (Å²) in [5.41, 5.74) is 0.741. The van der Waals surface area contributed by atoms with Crippen LogP contribution in [-0.2, 0) is 4.89 Å². The Labute approximate surface area is 87.8 Å². The van der Waals surface area contributed by atoms with Gasteiger partial charge in [0, 0.05) is 0 Å². The number of hydrogen-bond donors (Lipinski definition) is 2. The first-order chi connectivity index (χ1) is 6.56. The topological polar surface area (TPSA) is 49.7 Å². The molecule has 1 aromatic rings. The monoisotopic (exact) mass is 216 g/mol. The molecule has 1 rings (SSSR count). The number of benzene rings is 1. The second-order valence-corrected chi connectivity index (χ2v) is 3.89. The minimum absolute atomic E-state index is 0.0239. The normalized spacial score (nSPS) is 13.2. The highest BCUT2D eigenvalue weighted by molar-refractivity contribution is 6.32. The molecular weight excluding hydrogens is 204 g/mol. The third-order valence-corrected chi connectivity index (χ3v) is 2.32. The van der Waals surface area contributed by atoms with E-state index < -0.39 is 6.10 Å². The van der Waals surface area contributed by atoms with E-state index in [1.165, 1.54) is 6.07 Å². The van der Waals surface area contributed by atoms with E-state index in [1.807, 2.05) is 13.8 Å². The van der Waals surface area contributed by atoms with Crippen molar-refractivity contribution >= 4 is 11.6 Å². The molecule has 0 heterocycles. The number of hydrogen-bond acceptors (Lipinski definition) is 3. The fourth-order valence-electron chi connectivity index (χ4n) is 1.27. The number of phenolic OH excluding ortho intramolecular Hbond substituents is 1. The van der Waals surface area contributed by atoms with Gasteiger partial charge in [-0.25, -0.2) is 4.89 Å². The first-order valence-corrected chi connectivity index (χ1v) is 4.72. The van der Waals surface area contributed by atoms with Crippen molar-refractivity contribution in [3.05, 3.63) is 28.8 Å². The van der Waals surface area contributed by atoms with Gasteiger partial charge in [-0.1, -0.05) is 31.5 Å². The van der Waals surface area contributed by atoms with Crippen LogP contribution in [0.3, 0.4) is 0 Å². The molecule has 0 saturated heterocycles. The van der Waals surface area contributed by atoms with E-state index in [1.54, 1.807) is 12.1 Å². The third kappa shape index (κ3) is 2.38. The van der Waals surface area contributed by atoms with Crippen molar-refractivity contribution in [1.82, 2.24) is 0 Å². The molecule has 0 spiro atoms. The number of halogens is 1. The summed E-state index contributed by atoms with van der Waals surface area (Å²) < 4.78 is 0. The standard InChI is InChI=1S/C10H13ClO3/c1-6(2)10(14-13)7-3-4-9(12)8(11)5-7/h3-6,10,12-13H,1-2H3. The molecular formula is C10H13ClO3. The Bertz CT molecular complexity index is 312. The molecule has 0 aliphatic heterocycles. The maximum Gasteiger partial charge on any atom is 0.134 e. The molecule has 1 unspecified atom stereocenters.